The number of hydrogen-bond acceptors (Lipinski definition) is 5. The Kier molecular flexibility index (Phi) is 11.8. The van der Waals surface area contributed by atoms with Crippen molar-refractivity contribution < 1.29 is 14.3 Å². The summed E-state index contributed by atoms with van der Waals surface area (Å²) < 4.78 is 11.8. The second-order valence-electron chi connectivity index (χ2n) is 13.5. The largest absolute Gasteiger partial charge is 0.492 e. The van der Waals surface area contributed by atoms with Gasteiger partial charge in [0.1, 0.15) is 18.0 Å². The van der Waals surface area contributed by atoms with Crippen molar-refractivity contribution in [2.75, 3.05) is 59.0 Å². The summed E-state index contributed by atoms with van der Waals surface area (Å²) in [4.78, 5) is 19.4. The molecular weight excluding hydrogens is 594 g/mol. The fourth-order valence-corrected chi connectivity index (χ4v) is 6.62. The first-order chi connectivity index (χ1) is 22.2. The van der Waals surface area contributed by atoms with E-state index in [1.165, 1.54) is 22.3 Å². The maximum Gasteiger partial charge on any atom is 0.410 e. The van der Waals surface area contributed by atoms with E-state index in [4.69, 9.17) is 21.1 Å². The molecule has 0 aliphatic carbocycles. The Balaban J connectivity index is 1.09. The zero-order valence-corrected chi connectivity index (χ0v) is 28.8. The van der Waals surface area contributed by atoms with Crippen LogP contribution in [0.5, 0.6) is 5.75 Å². The van der Waals surface area contributed by atoms with E-state index in [1.54, 1.807) is 0 Å². The van der Waals surface area contributed by atoms with Crippen molar-refractivity contribution in [2.45, 2.75) is 52.6 Å². The lowest BCUT2D eigenvalue weighted by Crippen LogP contribution is -2.50. The number of rotatable bonds is 10. The maximum absolute atomic E-state index is 12.4. The molecule has 2 fully saturated rings. The van der Waals surface area contributed by atoms with Gasteiger partial charge in [-0.1, -0.05) is 73.1 Å². The Hall–Kier alpha value is -3.32. The fraction of sp³-hybridized carbons (Fsp3) is 0.462. The number of piperazine rings is 1. The molecule has 5 rings (SSSR count). The first kappa shape index (κ1) is 34.0. The molecule has 0 saturated carbocycles. The summed E-state index contributed by atoms with van der Waals surface area (Å²) in [7, 11) is 0. The number of carbonyl (C=O) groups is 1. The average Bonchev–Trinajstić information content (AvgIpc) is 3.05. The number of nitrogens with zero attached hydrogens (tertiary/aromatic N) is 3. The highest BCUT2D eigenvalue weighted by atomic mass is 35.5. The third-order valence-electron chi connectivity index (χ3n) is 8.98. The molecular formula is C39H50ClN3O3. The molecule has 0 bridgehead atoms. The number of ether oxygens (including phenoxy) is 2. The van der Waals surface area contributed by atoms with E-state index < -0.39 is 5.60 Å². The summed E-state index contributed by atoms with van der Waals surface area (Å²) in [5.41, 5.74) is 5.65. The minimum Gasteiger partial charge on any atom is -0.492 e. The van der Waals surface area contributed by atoms with Crippen LogP contribution >= 0.6 is 11.6 Å². The van der Waals surface area contributed by atoms with Gasteiger partial charge in [-0.25, -0.2) is 4.79 Å². The minimum atomic E-state index is -0.440. The van der Waals surface area contributed by atoms with Crippen LogP contribution in [0.3, 0.4) is 0 Å². The van der Waals surface area contributed by atoms with Gasteiger partial charge < -0.3 is 19.3 Å². The second-order valence-corrected chi connectivity index (χ2v) is 13.9. The predicted molar refractivity (Wildman–Crippen MR) is 189 cm³/mol. The van der Waals surface area contributed by atoms with Crippen molar-refractivity contribution in [1.29, 1.82) is 0 Å². The molecule has 0 atom stereocenters. The maximum atomic E-state index is 12.4. The molecule has 2 aliphatic heterocycles. The molecule has 2 aliphatic rings. The molecule has 46 heavy (non-hydrogen) atoms. The van der Waals surface area contributed by atoms with Gasteiger partial charge in [0.05, 0.1) is 0 Å². The summed E-state index contributed by atoms with van der Waals surface area (Å²) >= 11 is 6.24. The Bertz CT molecular complexity index is 1420. The lowest BCUT2D eigenvalue weighted by Gasteiger charge is -2.39. The van der Waals surface area contributed by atoms with Gasteiger partial charge in [0.2, 0.25) is 0 Å². The molecule has 3 aromatic carbocycles. The predicted octanol–water partition coefficient (Wildman–Crippen LogP) is 8.35. The molecule has 0 unspecified atom stereocenters. The van der Waals surface area contributed by atoms with Crippen LogP contribution in [0.15, 0.2) is 78.9 Å². The van der Waals surface area contributed by atoms with Crippen LogP contribution in [0.25, 0.3) is 11.1 Å². The highest BCUT2D eigenvalue weighted by Gasteiger charge is 2.28. The quantitative estimate of drug-likeness (QED) is 0.208. The molecule has 2 saturated heterocycles. The number of carbonyl (C=O) groups excluding carboxylic acids is 1. The Morgan fingerprint density at radius 3 is 1.96 bits per heavy atom. The fourth-order valence-electron chi connectivity index (χ4n) is 6.49. The lowest BCUT2D eigenvalue weighted by molar-refractivity contribution is 0.0158. The summed E-state index contributed by atoms with van der Waals surface area (Å²) in [5, 5.41) is 0.739. The molecule has 0 N–H and O–H groups in total. The zero-order chi connectivity index (χ0) is 32.5. The molecule has 1 amide bonds. The van der Waals surface area contributed by atoms with Gasteiger partial charge in [0.25, 0.3) is 0 Å². The Labute approximate surface area is 280 Å². The highest BCUT2D eigenvalue weighted by Crippen LogP contribution is 2.35. The van der Waals surface area contributed by atoms with Crippen LogP contribution in [-0.4, -0.2) is 85.4 Å². The number of halogens is 1. The van der Waals surface area contributed by atoms with Crippen molar-refractivity contribution in [1.82, 2.24) is 14.7 Å². The van der Waals surface area contributed by atoms with Crippen molar-refractivity contribution in [3.05, 3.63) is 101 Å². The highest BCUT2D eigenvalue weighted by molar-refractivity contribution is 6.30. The van der Waals surface area contributed by atoms with Crippen molar-refractivity contribution in [3.63, 3.8) is 0 Å². The number of piperidine rings is 1. The Morgan fingerprint density at radius 2 is 1.37 bits per heavy atom. The lowest BCUT2D eigenvalue weighted by atomic mass is 9.88. The van der Waals surface area contributed by atoms with Gasteiger partial charge in [-0.2, -0.15) is 0 Å². The summed E-state index contributed by atoms with van der Waals surface area (Å²) in [6, 6.07) is 27.3. The van der Waals surface area contributed by atoms with E-state index in [-0.39, 0.29) is 6.09 Å². The normalized spacial score (nSPS) is 17.5. The van der Waals surface area contributed by atoms with Crippen LogP contribution in [0.4, 0.5) is 4.79 Å². The number of allylic oxidation sites excluding steroid dienone is 1. The van der Waals surface area contributed by atoms with Gasteiger partial charge >= 0.3 is 6.09 Å². The monoisotopic (exact) mass is 643 g/mol. The molecule has 246 valence electrons. The molecule has 0 aromatic heterocycles. The van der Waals surface area contributed by atoms with Crippen LogP contribution < -0.4 is 4.74 Å². The Morgan fingerprint density at radius 1 is 0.783 bits per heavy atom. The van der Waals surface area contributed by atoms with Gasteiger partial charge in [-0.3, -0.25) is 4.90 Å². The molecule has 7 heteroatoms. The topological polar surface area (TPSA) is 45.2 Å². The summed E-state index contributed by atoms with van der Waals surface area (Å²) in [6.45, 7) is 16.6. The molecule has 0 spiro atoms. The third kappa shape index (κ3) is 9.60. The third-order valence-corrected chi connectivity index (χ3v) is 9.23. The number of likely N-dealkylation sites (tertiary alicyclic amines) is 1. The zero-order valence-electron chi connectivity index (χ0n) is 28.0. The SMILES string of the molecule is CC/C(=C(\c1ccc(Cl)cc1)c1ccc(OCCN2CCN(CC3CCN(C(=O)OC(C)(C)C)CC3)CC2)cc1)c1ccccc1. The van der Waals surface area contributed by atoms with Crippen LogP contribution in [0.2, 0.25) is 5.02 Å². The molecule has 2 heterocycles. The smallest absolute Gasteiger partial charge is 0.410 e. The van der Waals surface area contributed by atoms with E-state index in [0.717, 1.165) is 88.0 Å². The summed E-state index contributed by atoms with van der Waals surface area (Å²) in [6.07, 6.45) is 2.84. The summed E-state index contributed by atoms with van der Waals surface area (Å²) in [5.74, 6) is 1.54. The second kappa shape index (κ2) is 16.0. The van der Waals surface area contributed by atoms with Gasteiger partial charge in [-0.15, -0.1) is 0 Å². The average molecular weight is 644 g/mol. The van der Waals surface area contributed by atoms with E-state index >= 15 is 0 Å². The van der Waals surface area contributed by atoms with Crippen LogP contribution in [0, 0.1) is 5.92 Å². The number of amides is 1. The van der Waals surface area contributed by atoms with Gasteiger partial charge in [-0.05, 0) is 98.1 Å². The molecule has 6 nitrogen and oxygen atoms in total. The van der Waals surface area contributed by atoms with Crippen molar-refractivity contribution >= 4 is 28.8 Å². The first-order valence-electron chi connectivity index (χ1n) is 16.9. The van der Waals surface area contributed by atoms with Crippen LogP contribution in [0.1, 0.15) is 63.6 Å². The standard InChI is InChI=1S/C39H50ClN3O3/c1-5-36(31-9-7-6-8-10-31)37(32-11-15-34(40)16-12-32)33-13-17-35(18-14-33)45-28-27-41-23-25-42(26-24-41)29-30-19-21-43(22-20-30)38(44)46-39(2,3)4/h6-18,30H,5,19-29H2,1-4H3/b37-36-. The number of hydrogen-bond donors (Lipinski definition) is 0. The van der Waals surface area contributed by atoms with Gasteiger partial charge in [0.15, 0.2) is 0 Å². The van der Waals surface area contributed by atoms with E-state index in [2.05, 4.69) is 83.5 Å². The van der Waals surface area contributed by atoms with E-state index in [0.29, 0.717) is 12.5 Å². The molecule has 3 aromatic rings. The first-order valence-corrected chi connectivity index (χ1v) is 17.3. The van der Waals surface area contributed by atoms with Crippen LogP contribution in [-0.2, 0) is 4.74 Å². The minimum absolute atomic E-state index is 0.175. The van der Waals surface area contributed by atoms with Gasteiger partial charge in [0, 0.05) is 57.4 Å². The van der Waals surface area contributed by atoms with E-state index in [1.807, 2.05) is 37.8 Å². The number of benzene rings is 3. The van der Waals surface area contributed by atoms with Crippen molar-refractivity contribution in [3.8, 4) is 5.75 Å². The molecule has 0 radical (unpaired) electrons. The van der Waals surface area contributed by atoms with E-state index in [9.17, 15) is 4.79 Å². The van der Waals surface area contributed by atoms with Crippen molar-refractivity contribution in [2.24, 2.45) is 5.92 Å².